The molecule has 3 heterocycles. The zero-order chi connectivity index (χ0) is 19.6. The number of nitrogens with zero attached hydrogens (tertiary/aromatic N) is 3. The zero-order valence-electron chi connectivity index (χ0n) is 16.0. The molecule has 140 valence electrons. The van der Waals surface area contributed by atoms with Crippen LogP contribution in [0.15, 0.2) is 48.8 Å². The summed E-state index contributed by atoms with van der Waals surface area (Å²) in [5.41, 5.74) is 3.72. The van der Waals surface area contributed by atoms with Crippen LogP contribution in [0.1, 0.15) is 42.4 Å². The minimum absolute atomic E-state index is 0.0469. The van der Waals surface area contributed by atoms with Crippen molar-refractivity contribution in [1.29, 1.82) is 0 Å². The van der Waals surface area contributed by atoms with Crippen LogP contribution in [-0.4, -0.2) is 35.0 Å². The van der Waals surface area contributed by atoms with Gasteiger partial charge in [-0.1, -0.05) is 19.6 Å². The molecule has 0 spiro atoms. The van der Waals surface area contributed by atoms with Gasteiger partial charge in [0.15, 0.2) is 5.75 Å². The fourth-order valence-corrected chi connectivity index (χ4v) is 3.36. The summed E-state index contributed by atoms with van der Waals surface area (Å²) in [6, 6.07) is 5.37. The average molecular weight is 365 g/mol. The molecule has 1 aliphatic rings. The molecular formula is C21H23N3O3. The van der Waals surface area contributed by atoms with E-state index in [1.165, 1.54) is 0 Å². The van der Waals surface area contributed by atoms with Crippen LogP contribution in [0.2, 0.25) is 0 Å². The molecular weight excluding hydrogens is 342 g/mol. The van der Waals surface area contributed by atoms with E-state index in [0.717, 1.165) is 29.1 Å². The summed E-state index contributed by atoms with van der Waals surface area (Å²) in [6.07, 6.45) is 6.03. The maximum absolute atomic E-state index is 12.9. The minimum atomic E-state index is -0.121. The molecule has 0 saturated heterocycles. The molecule has 2 aromatic rings. The Bertz CT molecular complexity index is 921. The predicted molar refractivity (Wildman–Crippen MR) is 104 cm³/mol. The molecule has 1 aliphatic heterocycles. The third-order valence-corrected chi connectivity index (χ3v) is 4.70. The van der Waals surface area contributed by atoms with E-state index in [1.54, 1.807) is 31.4 Å². The summed E-state index contributed by atoms with van der Waals surface area (Å²) in [5.74, 6) is 0.901. The average Bonchev–Trinajstić information content (AvgIpc) is 2.99. The Balaban J connectivity index is 2.08. The number of carbonyl (C=O) groups is 1. The van der Waals surface area contributed by atoms with E-state index in [4.69, 9.17) is 14.5 Å². The smallest absolute Gasteiger partial charge is 0.260 e. The summed E-state index contributed by atoms with van der Waals surface area (Å²) in [4.78, 5) is 23.7. The van der Waals surface area contributed by atoms with Gasteiger partial charge in [-0.05, 0) is 37.6 Å². The first-order chi connectivity index (χ1) is 13.1. The second-order valence-corrected chi connectivity index (χ2v) is 6.08. The van der Waals surface area contributed by atoms with E-state index in [1.807, 2.05) is 38.1 Å². The first-order valence-electron chi connectivity index (χ1n) is 8.81. The number of aromatic nitrogens is 2. The molecule has 1 atom stereocenters. The van der Waals surface area contributed by atoms with Gasteiger partial charge in [0.2, 0.25) is 0 Å². The second-order valence-electron chi connectivity index (χ2n) is 6.08. The predicted octanol–water partition coefficient (Wildman–Crippen LogP) is 4.16. The highest BCUT2D eigenvalue weighted by atomic mass is 16.5. The van der Waals surface area contributed by atoms with Crippen molar-refractivity contribution in [2.24, 2.45) is 0 Å². The highest BCUT2D eigenvalue weighted by Gasteiger charge is 2.38. The van der Waals surface area contributed by atoms with Crippen LogP contribution < -0.4 is 9.47 Å². The summed E-state index contributed by atoms with van der Waals surface area (Å²) in [5, 5.41) is 0. The molecule has 0 fully saturated rings. The quantitative estimate of drug-likeness (QED) is 0.719. The van der Waals surface area contributed by atoms with E-state index in [2.05, 4.69) is 11.6 Å². The molecule has 0 saturated carbocycles. The monoisotopic (exact) mass is 365 g/mol. The van der Waals surface area contributed by atoms with Gasteiger partial charge in [0, 0.05) is 17.5 Å². The topological polar surface area (TPSA) is 64.6 Å². The number of hydrogen-bond donors (Lipinski definition) is 0. The molecule has 0 bridgehead atoms. The largest absolute Gasteiger partial charge is 0.491 e. The van der Waals surface area contributed by atoms with E-state index < -0.39 is 0 Å². The maximum Gasteiger partial charge on any atom is 0.260 e. The van der Waals surface area contributed by atoms with Gasteiger partial charge in [-0.25, -0.2) is 9.97 Å². The van der Waals surface area contributed by atoms with Gasteiger partial charge < -0.3 is 9.47 Å². The van der Waals surface area contributed by atoms with Crippen molar-refractivity contribution < 1.29 is 14.3 Å². The number of rotatable bonds is 6. The molecule has 0 N–H and O–H groups in total. The molecule has 6 nitrogen and oxygen atoms in total. The Kier molecular flexibility index (Phi) is 5.26. The molecule has 0 aliphatic carbocycles. The van der Waals surface area contributed by atoms with E-state index in [9.17, 15) is 4.79 Å². The number of allylic oxidation sites excluding steroid dienone is 2. The molecule has 27 heavy (non-hydrogen) atoms. The Morgan fingerprint density at radius 3 is 2.70 bits per heavy atom. The zero-order valence-corrected chi connectivity index (χ0v) is 16.0. The number of amides is 1. The van der Waals surface area contributed by atoms with Crippen LogP contribution in [0.3, 0.4) is 0 Å². The van der Waals surface area contributed by atoms with Crippen LogP contribution in [0.4, 0.5) is 0 Å². The SMILES string of the molecule is C=C/C(=C\C)N1C(=O)c2ccc(-c3cnc(OC)c(OC)c3)nc2[C@@H]1CC. The number of fused-ring (bicyclic) bond motifs is 1. The summed E-state index contributed by atoms with van der Waals surface area (Å²) < 4.78 is 10.5. The summed E-state index contributed by atoms with van der Waals surface area (Å²) in [6.45, 7) is 7.77. The molecule has 0 unspecified atom stereocenters. The lowest BCUT2D eigenvalue weighted by atomic mass is 10.1. The van der Waals surface area contributed by atoms with Crippen molar-refractivity contribution in [2.75, 3.05) is 14.2 Å². The molecule has 2 aromatic heterocycles. The standard InChI is InChI=1S/C21H23N3O3/c1-6-14(7-2)24-17(8-3)19-15(21(24)25)9-10-16(23-19)13-11-18(26-4)20(27-5)22-12-13/h6-7,9-12,17H,1,8H2,2-5H3/b14-7+/t17-/m0/s1. The van der Waals surface area contributed by atoms with Crippen molar-refractivity contribution in [3.8, 4) is 22.9 Å². The normalized spacial score (nSPS) is 16.3. The molecule has 6 heteroatoms. The first kappa shape index (κ1) is 18.6. The van der Waals surface area contributed by atoms with Crippen LogP contribution in [0, 0.1) is 0 Å². The Labute approximate surface area is 159 Å². The van der Waals surface area contributed by atoms with E-state index in [-0.39, 0.29) is 11.9 Å². The third kappa shape index (κ3) is 3.07. The number of carbonyl (C=O) groups excluding carboxylic acids is 1. The van der Waals surface area contributed by atoms with Crippen molar-refractivity contribution in [1.82, 2.24) is 14.9 Å². The molecule has 3 rings (SSSR count). The number of ether oxygens (including phenoxy) is 2. The van der Waals surface area contributed by atoms with Gasteiger partial charge in [0.25, 0.3) is 11.8 Å². The summed E-state index contributed by atoms with van der Waals surface area (Å²) >= 11 is 0. The van der Waals surface area contributed by atoms with Crippen LogP contribution in [0.25, 0.3) is 11.3 Å². The fraction of sp³-hybridized carbons (Fsp3) is 0.286. The van der Waals surface area contributed by atoms with Gasteiger partial charge in [-0.3, -0.25) is 9.69 Å². The van der Waals surface area contributed by atoms with Crippen LogP contribution >= 0.6 is 0 Å². The van der Waals surface area contributed by atoms with E-state index >= 15 is 0 Å². The lowest BCUT2D eigenvalue weighted by Gasteiger charge is -2.24. The van der Waals surface area contributed by atoms with Gasteiger partial charge >= 0.3 is 0 Å². The van der Waals surface area contributed by atoms with Crippen molar-refractivity contribution in [3.05, 3.63) is 60.1 Å². The minimum Gasteiger partial charge on any atom is -0.491 e. The maximum atomic E-state index is 12.9. The molecule has 0 radical (unpaired) electrons. The highest BCUT2D eigenvalue weighted by molar-refractivity contribution is 6.00. The lowest BCUT2D eigenvalue weighted by Crippen LogP contribution is -2.26. The molecule has 0 aromatic carbocycles. The Hall–Kier alpha value is -3.15. The third-order valence-electron chi connectivity index (χ3n) is 4.70. The Morgan fingerprint density at radius 2 is 2.11 bits per heavy atom. The van der Waals surface area contributed by atoms with Gasteiger partial charge in [-0.15, -0.1) is 0 Å². The molecule has 1 amide bonds. The number of pyridine rings is 2. The lowest BCUT2D eigenvalue weighted by molar-refractivity contribution is 0.0789. The van der Waals surface area contributed by atoms with Crippen molar-refractivity contribution >= 4 is 5.91 Å². The highest BCUT2D eigenvalue weighted by Crippen LogP contribution is 2.39. The number of methoxy groups -OCH3 is 2. The second kappa shape index (κ2) is 7.61. The Morgan fingerprint density at radius 1 is 1.33 bits per heavy atom. The number of hydrogen-bond acceptors (Lipinski definition) is 5. The van der Waals surface area contributed by atoms with Crippen LogP contribution in [0.5, 0.6) is 11.6 Å². The fourth-order valence-electron chi connectivity index (χ4n) is 3.36. The van der Waals surface area contributed by atoms with Crippen LogP contribution in [-0.2, 0) is 0 Å². The van der Waals surface area contributed by atoms with Gasteiger partial charge in [-0.2, -0.15) is 0 Å². The van der Waals surface area contributed by atoms with Gasteiger partial charge in [0.1, 0.15) is 0 Å². The van der Waals surface area contributed by atoms with Crippen molar-refractivity contribution in [3.63, 3.8) is 0 Å². The van der Waals surface area contributed by atoms with Gasteiger partial charge in [0.05, 0.1) is 37.2 Å². The first-order valence-corrected chi connectivity index (χ1v) is 8.81. The van der Waals surface area contributed by atoms with E-state index in [0.29, 0.717) is 17.2 Å². The summed E-state index contributed by atoms with van der Waals surface area (Å²) in [7, 11) is 3.11. The van der Waals surface area contributed by atoms with Crippen molar-refractivity contribution in [2.45, 2.75) is 26.3 Å².